The van der Waals surface area contributed by atoms with E-state index in [1.807, 2.05) is 66.7 Å². The number of methoxy groups -OCH3 is 1. The molecule has 0 amide bonds. The first kappa shape index (κ1) is 19.3. The first-order valence-electron chi connectivity index (χ1n) is 8.44. The summed E-state index contributed by atoms with van der Waals surface area (Å²) in [4.78, 5) is 4.47. The van der Waals surface area contributed by atoms with E-state index >= 15 is 0 Å². The Morgan fingerprint density at radius 2 is 1.70 bits per heavy atom. The van der Waals surface area contributed by atoms with Crippen LogP contribution < -0.4 is 9.47 Å². The summed E-state index contributed by atoms with van der Waals surface area (Å²) in [5.74, 6) is 1.06. The number of nitrogens with zero attached hydrogens (tertiary/aromatic N) is 1. The smallest absolute Gasteiger partial charge is 0.180 e. The summed E-state index contributed by atoms with van der Waals surface area (Å²) in [7, 11) is 1.59. The second-order valence-corrected chi connectivity index (χ2v) is 6.75. The van der Waals surface area contributed by atoms with E-state index in [1.54, 1.807) is 13.3 Å². The Morgan fingerprint density at radius 3 is 2.44 bits per heavy atom. The molecule has 138 valence electrons. The van der Waals surface area contributed by atoms with Gasteiger partial charge in [-0.25, -0.2) is 0 Å². The van der Waals surface area contributed by atoms with Crippen LogP contribution in [0.2, 0.25) is 10.0 Å². The number of ether oxygens (including phenoxy) is 2. The van der Waals surface area contributed by atoms with Crippen LogP contribution in [0.1, 0.15) is 16.7 Å². The highest BCUT2D eigenvalue weighted by Gasteiger charge is 2.12. The van der Waals surface area contributed by atoms with Crippen LogP contribution in [0.5, 0.6) is 11.5 Å². The van der Waals surface area contributed by atoms with Gasteiger partial charge in [0, 0.05) is 11.2 Å². The molecular weight excluding hydrogens is 381 g/mol. The van der Waals surface area contributed by atoms with Crippen LogP contribution in [-0.4, -0.2) is 13.3 Å². The van der Waals surface area contributed by atoms with Crippen LogP contribution in [0.3, 0.4) is 0 Å². The van der Waals surface area contributed by atoms with Crippen molar-refractivity contribution >= 4 is 29.4 Å². The van der Waals surface area contributed by atoms with Gasteiger partial charge in [-0.2, -0.15) is 0 Å². The molecule has 0 aromatic heterocycles. The molecule has 0 spiro atoms. The predicted octanol–water partition coefficient (Wildman–Crippen LogP) is 6.20. The van der Waals surface area contributed by atoms with Crippen molar-refractivity contribution in [1.29, 1.82) is 0 Å². The van der Waals surface area contributed by atoms with Crippen LogP contribution in [0.4, 0.5) is 0 Å². The maximum atomic E-state index is 6.41. The minimum Gasteiger partial charge on any atom is -0.493 e. The minimum absolute atomic E-state index is 0.345. The van der Waals surface area contributed by atoms with Crippen molar-refractivity contribution in [2.45, 2.75) is 13.2 Å². The fourth-order valence-electron chi connectivity index (χ4n) is 2.58. The average Bonchev–Trinajstić information content (AvgIpc) is 2.67. The Hall–Kier alpha value is -2.49. The molecule has 0 atom stereocenters. The van der Waals surface area contributed by atoms with Crippen LogP contribution in [-0.2, 0) is 13.2 Å². The van der Waals surface area contributed by atoms with Gasteiger partial charge in [0.1, 0.15) is 6.61 Å². The third-order valence-electron chi connectivity index (χ3n) is 3.88. The number of hydrogen-bond acceptors (Lipinski definition) is 3. The quantitative estimate of drug-likeness (QED) is 0.442. The van der Waals surface area contributed by atoms with Crippen molar-refractivity contribution in [3.8, 4) is 11.5 Å². The van der Waals surface area contributed by atoms with Gasteiger partial charge in [-0.05, 0) is 41.0 Å². The zero-order chi connectivity index (χ0) is 19.1. The van der Waals surface area contributed by atoms with Crippen molar-refractivity contribution in [3.05, 3.63) is 93.5 Å². The Bertz CT molecular complexity index is 927. The summed E-state index contributed by atoms with van der Waals surface area (Å²) in [6.45, 7) is 0.950. The Kier molecular flexibility index (Phi) is 6.74. The molecule has 0 N–H and O–H groups in total. The molecule has 0 radical (unpaired) electrons. The standard InChI is InChI=1S/C22H19Cl2NO2/c1-26-21-12-18(14-25-13-16-6-3-2-4-7-16)11-20(24)22(21)27-15-17-8-5-9-19(23)10-17/h2-12,14H,13,15H2,1H3. The number of benzene rings is 3. The molecule has 3 nitrogen and oxygen atoms in total. The van der Waals surface area contributed by atoms with E-state index in [4.69, 9.17) is 32.7 Å². The Morgan fingerprint density at radius 1 is 0.926 bits per heavy atom. The summed E-state index contributed by atoms with van der Waals surface area (Å²) in [6.07, 6.45) is 1.78. The number of hydrogen-bond donors (Lipinski definition) is 0. The molecule has 0 aliphatic carbocycles. The van der Waals surface area contributed by atoms with Gasteiger partial charge in [0.15, 0.2) is 11.5 Å². The summed E-state index contributed by atoms with van der Waals surface area (Å²) >= 11 is 12.4. The normalized spacial score (nSPS) is 10.9. The molecular formula is C22H19Cl2NO2. The van der Waals surface area contributed by atoms with Gasteiger partial charge in [-0.15, -0.1) is 0 Å². The van der Waals surface area contributed by atoms with Crippen LogP contribution in [0, 0.1) is 0 Å². The van der Waals surface area contributed by atoms with Gasteiger partial charge >= 0.3 is 0 Å². The molecule has 0 heterocycles. The van der Waals surface area contributed by atoms with Crippen molar-refractivity contribution in [1.82, 2.24) is 0 Å². The first-order chi connectivity index (χ1) is 13.2. The summed E-state index contributed by atoms with van der Waals surface area (Å²) in [5.41, 5.74) is 2.95. The Balaban J connectivity index is 1.72. The van der Waals surface area contributed by atoms with Crippen molar-refractivity contribution in [2.24, 2.45) is 4.99 Å². The highest BCUT2D eigenvalue weighted by molar-refractivity contribution is 6.32. The Labute approximate surface area is 169 Å². The number of halogens is 2. The second-order valence-electron chi connectivity index (χ2n) is 5.91. The minimum atomic E-state index is 0.345. The molecule has 0 aliphatic rings. The second kappa shape index (κ2) is 9.45. The first-order valence-corrected chi connectivity index (χ1v) is 9.20. The van der Waals surface area contributed by atoms with E-state index in [-0.39, 0.29) is 0 Å². The van der Waals surface area contributed by atoms with E-state index in [1.165, 1.54) is 0 Å². The topological polar surface area (TPSA) is 30.8 Å². The van der Waals surface area contributed by atoms with E-state index in [0.29, 0.717) is 34.7 Å². The van der Waals surface area contributed by atoms with Crippen LogP contribution >= 0.6 is 23.2 Å². The number of rotatable bonds is 7. The summed E-state index contributed by atoms with van der Waals surface area (Å²) in [6, 6.07) is 21.2. The van der Waals surface area contributed by atoms with E-state index in [9.17, 15) is 0 Å². The van der Waals surface area contributed by atoms with Gasteiger partial charge in [0.25, 0.3) is 0 Å². The largest absolute Gasteiger partial charge is 0.493 e. The van der Waals surface area contributed by atoms with Gasteiger partial charge in [0.2, 0.25) is 0 Å². The van der Waals surface area contributed by atoms with Crippen molar-refractivity contribution < 1.29 is 9.47 Å². The number of aliphatic imine (C=N–C) groups is 1. The zero-order valence-corrected chi connectivity index (χ0v) is 16.4. The molecule has 0 bridgehead atoms. The molecule has 3 aromatic rings. The van der Waals surface area contributed by atoms with Crippen molar-refractivity contribution in [3.63, 3.8) is 0 Å². The lowest BCUT2D eigenvalue weighted by Gasteiger charge is -2.13. The van der Waals surface area contributed by atoms with Gasteiger partial charge in [-0.1, -0.05) is 65.7 Å². The van der Waals surface area contributed by atoms with E-state index in [2.05, 4.69) is 4.99 Å². The molecule has 27 heavy (non-hydrogen) atoms. The third-order valence-corrected chi connectivity index (χ3v) is 4.40. The highest BCUT2D eigenvalue weighted by Crippen LogP contribution is 2.36. The molecule has 5 heteroatoms. The fourth-order valence-corrected chi connectivity index (χ4v) is 3.06. The van der Waals surface area contributed by atoms with Gasteiger partial charge in [0.05, 0.1) is 18.7 Å². The van der Waals surface area contributed by atoms with E-state index in [0.717, 1.165) is 16.7 Å². The highest BCUT2D eigenvalue weighted by atomic mass is 35.5. The molecule has 0 aliphatic heterocycles. The molecule has 0 saturated carbocycles. The van der Waals surface area contributed by atoms with Crippen molar-refractivity contribution in [2.75, 3.05) is 7.11 Å². The molecule has 0 saturated heterocycles. The molecule has 3 rings (SSSR count). The summed E-state index contributed by atoms with van der Waals surface area (Å²) < 4.78 is 11.3. The molecule has 3 aromatic carbocycles. The molecule has 0 unspecified atom stereocenters. The van der Waals surface area contributed by atoms with Crippen LogP contribution in [0.25, 0.3) is 0 Å². The van der Waals surface area contributed by atoms with Gasteiger partial charge < -0.3 is 9.47 Å². The lowest BCUT2D eigenvalue weighted by Crippen LogP contribution is -1.99. The lowest BCUT2D eigenvalue weighted by atomic mass is 10.2. The van der Waals surface area contributed by atoms with Gasteiger partial charge in [-0.3, -0.25) is 4.99 Å². The fraction of sp³-hybridized carbons (Fsp3) is 0.136. The van der Waals surface area contributed by atoms with Crippen LogP contribution in [0.15, 0.2) is 71.7 Å². The maximum absolute atomic E-state index is 6.41. The summed E-state index contributed by atoms with van der Waals surface area (Å²) in [5, 5.41) is 1.14. The monoisotopic (exact) mass is 399 g/mol. The predicted molar refractivity (Wildman–Crippen MR) is 112 cm³/mol. The maximum Gasteiger partial charge on any atom is 0.180 e. The molecule has 0 fully saturated rings. The third kappa shape index (κ3) is 5.49. The SMILES string of the molecule is COc1cc(C=NCc2ccccc2)cc(Cl)c1OCc1cccc(Cl)c1. The van der Waals surface area contributed by atoms with E-state index < -0.39 is 0 Å². The lowest BCUT2D eigenvalue weighted by molar-refractivity contribution is 0.284. The zero-order valence-electron chi connectivity index (χ0n) is 14.9. The average molecular weight is 400 g/mol.